The monoisotopic (exact) mass is 305 g/mol. The Balaban J connectivity index is 2.54. The van der Waals surface area contributed by atoms with Crippen molar-refractivity contribution in [2.24, 2.45) is 0 Å². The topological polar surface area (TPSA) is 41.5 Å². The van der Waals surface area contributed by atoms with Crippen LogP contribution in [0, 0.1) is 12.7 Å². The van der Waals surface area contributed by atoms with Crippen LogP contribution in [-0.2, 0) is 4.74 Å². The molecular weight excluding hydrogens is 289 g/mol. The number of anilines is 1. The molecule has 2 N–H and O–H groups in total. The Hall–Kier alpha value is -0.650. The molecule has 0 heterocycles. The minimum absolute atomic E-state index is 0.289. The fraction of sp³-hybridized carbons (Fsp3) is 0.500. The van der Waals surface area contributed by atoms with Crippen molar-refractivity contribution in [1.82, 2.24) is 0 Å². The molecule has 0 aliphatic carbocycles. The van der Waals surface area contributed by atoms with Crippen LogP contribution >= 0.6 is 15.9 Å². The zero-order valence-corrected chi connectivity index (χ0v) is 11.6. The highest BCUT2D eigenvalue weighted by atomic mass is 79.9. The molecule has 0 aromatic heterocycles. The number of halogens is 2. The molecule has 1 unspecified atom stereocenters. The number of hydrogen-bond acceptors (Lipinski definition) is 3. The molecule has 0 radical (unpaired) electrons. The van der Waals surface area contributed by atoms with Crippen molar-refractivity contribution in [3.05, 3.63) is 28.0 Å². The summed E-state index contributed by atoms with van der Waals surface area (Å²) in [6, 6.07) is 3.11. The number of nitrogens with one attached hydrogen (secondary N) is 1. The van der Waals surface area contributed by atoms with E-state index in [0.717, 1.165) is 11.3 Å². The fourth-order valence-corrected chi connectivity index (χ4v) is 1.72. The third-order valence-corrected chi connectivity index (χ3v) is 2.92. The molecule has 1 rings (SSSR count). The lowest BCUT2D eigenvalue weighted by molar-refractivity contribution is 0.0496. The molecular formula is C12H17BrFNO2. The van der Waals surface area contributed by atoms with E-state index in [-0.39, 0.29) is 5.82 Å². The summed E-state index contributed by atoms with van der Waals surface area (Å²) in [4.78, 5) is 0. The highest BCUT2D eigenvalue weighted by Crippen LogP contribution is 2.24. The van der Waals surface area contributed by atoms with E-state index in [1.165, 1.54) is 6.07 Å². The van der Waals surface area contributed by atoms with Gasteiger partial charge in [-0.1, -0.05) is 0 Å². The second-order valence-electron chi connectivity index (χ2n) is 3.78. The van der Waals surface area contributed by atoms with Gasteiger partial charge in [-0.2, -0.15) is 0 Å². The lowest BCUT2D eigenvalue weighted by Crippen LogP contribution is -2.25. The number of aliphatic hydroxyl groups excluding tert-OH is 1. The van der Waals surface area contributed by atoms with Gasteiger partial charge in [0.05, 0.1) is 17.2 Å². The largest absolute Gasteiger partial charge is 0.389 e. The first kappa shape index (κ1) is 14.4. The van der Waals surface area contributed by atoms with Crippen molar-refractivity contribution >= 4 is 21.6 Å². The van der Waals surface area contributed by atoms with Crippen LogP contribution in [0.3, 0.4) is 0 Å². The molecule has 17 heavy (non-hydrogen) atoms. The Kier molecular flexibility index (Phi) is 5.88. The maximum atomic E-state index is 13.2. The molecule has 0 spiro atoms. The van der Waals surface area contributed by atoms with Gasteiger partial charge < -0.3 is 15.2 Å². The number of ether oxygens (including phenoxy) is 1. The summed E-state index contributed by atoms with van der Waals surface area (Å²) in [6.07, 6.45) is -0.571. The summed E-state index contributed by atoms with van der Waals surface area (Å²) in [5, 5.41) is 12.6. The molecule has 1 aromatic carbocycles. The summed E-state index contributed by atoms with van der Waals surface area (Å²) >= 11 is 3.13. The van der Waals surface area contributed by atoms with Gasteiger partial charge >= 0.3 is 0 Å². The average molecular weight is 306 g/mol. The van der Waals surface area contributed by atoms with Gasteiger partial charge in [-0.05, 0) is 47.5 Å². The minimum atomic E-state index is -0.571. The Morgan fingerprint density at radius 3 is 2.88 bits per heavy atom. The van der Waals surface area contributed by atoms with E-state index >= 15 is 0 Å². The summed E-state index contributed by atoms with van der Waals surface area (Å²) < 4.78 is 18.7. The Bertz CT molecular complexity index is 374. The van der Waals surface area contributed by atoms with Gasteiger partial charge in [-0.15, -0.1) is 0 Å². The van der Waals surface area contributed by atoms with Crippen molar-refractivity contribution < 1.29 is 14.2 Å². The molecule has 3 nitrogen and oxygen atoms in total. The number of aryl methyl sites for hydroxylation is 1. The summed E-state index contributed by atoms with van der Waals surface area (Å²) in [6.45, 7) is 4.94. The van der Waals surface area contributed by atoms with Gasteiger partial charge in [0.1, 0.15) is 5.82 Å². The SMILES string of the molecule is CCOCC(O)CNc1cc(Br)c(F)cc1C. The van der Waals surface area contributed by atoms with Crippen LogP contribution in [0.1, 0.15) is 12.5 Å². The number of benzene rings is 1. The predicted molar refractivity (Wildman–Crippen MR) is 69.8 cm³/mol. The standard InChI is InChI=1S/C12H17BrFNO2/c1-3-17-7-9(16)6-15-12-5-10(13)11(14)4-8(12)2/h4-5,9,15-16H,3,6-7H2,1-2H3. The van der Waals surface area contributed by atoms with Crippen LogP contribution in [0.25, 0.3) is 0 Å². The van der Waals surface area contributed by atoms with Crippen molar-refractivity contribution in [3.8, 4) is 0 Å². The van der Waals surface area contributed by atoms with Crippen molar-refractivity contribution in [2.75, 3.05) is 25.1 Å². The van der Waals surface area contributed by atoms with Gasteiger partial charge in [0.15, 0.2) is 0 Å². The van der Waals surface area contributed by atoms with E-state index < -0.39 is 6.10 Å². The van der Waals surface area contributed by atoms with Crippen LogP contribution in [-0.4, -0.2) is 31.0 Å². The highest BCUT2D eigenvalue weighted by Gasteiger charge is 2.07. The van der Waals surface area contributed by atoms with Crippen LogP contribution in [0.2, 0.25) is 0 Å². The quantitative estimate of drug-likeness (QED) is 0.849. The molecule has 0 amide bonds. The van der Waals surface area contributed by atoms with Crippen LogP contribution in [0.15, 0.2) is 16.6 Å². The molecule has 1 atom stereocenters. The van der Waals surface area contributed by atoms with Crippen molar-refractivity contribution in [2.45, 2.75) is 20.0 Å². The molecule has 0 bridgehead atoms. The van der Waals surface area contributed by atoms with Gasteiger partial charge in [0.2, 0.25) is 0 Å². The predicted octanol–water partition coefficient (Wildman–Crippen LogP) is 2.71. The van der Waals surface area contributed by atoms with Gasteiger partial charge in [0, 0.05) is 18.8 Å². The lowest BCUT2D eigenvalue weighted by Gasteiger charge is -2.14. The highest BCUT2D eigenvalue weighted by molar-refractivity contribution is 9.10. The maximum absolute atomic E-state index is 13.2. The Labute approximate surface area is 109 Å². The third-order valence-electron chi connectivity index (χ3n) is 2.31. The first-order chi connectivity index (χ1) is 8.04. The minimum Gasteiger partial charge on any atom is -0.389 e. The fourth-order valence-electron chi connectivity index (χ4n) is 1.38. The second-order valence-corrected chi connectivity index (χ2v) is 4.63. The van der Waals surface area contributed by atoms with Crippen LogP contribution in [0.4, 0.5) is 10.1 Å². The first-order valence-corrected chi connectivity index (χ1v) is 6.29. The molecule has 96 valence electrons. The van der Waals surface area contributed by atoms with E-state index in [9.17, 15) is 9.50 Å². The zero-order valence-electron chi connectivity index (χ0n) is 9.96. The van der Waals surface area contributed by atoms with E-state index in [4.69, 9.17) is 4.74 Å². The number of rotatable bonds is 6. The molecule has 0 saturated heterocycles. The summed E-state index contributed by atoms with van der Waals surface area (Å²) in [5.74, 6) is -0.289. The zero-order chi connectivity index (χ0) is 12.8. The van der Waals surface area contributed by atoms with E-state index in [1.54, 1.807) is 6.07 Å². The normalized spacial score (nSPS) is 12.5. The average Bonchev–Trinajstić information content (AvgIpc) is 2.29. The van der Waals surface area contributed by atoms with Crippen molar-refractivity contribution in [3.63, 3.8) is 0 Å². The Morgan fingerprint density at radius 2 is 2.24 bits per heavy atom. The van der Waals surface area contributed by atoms with Gasteiger partial charge in [0.25, 0.3) is 0 Å². The van der Waals surface area contributed by atoms with Gasteiger partial charge in [-0.3, -0.25) is 0 Å². The van der Waals surface area contributed by atoms with Gasteiger partial charge in [-0.25, -0.2) is 4.39 Å². The summed E-state index contributed by atoms with van der Waals surface area (Å²) in [7, 11) is 0. The molecule has 0 aliphatic heterocycles. The van der Waals surface area contributed by atoms with E-state index in [2.05, 4.69) is 21.2 Å². The molecule has 1 aromatic rings. The number of aliphatic hydroxyl groups is 1. The molecule has 5 heteroatoms. The summed E-state index contributed by atoms with van der Waals surface area (Å²) in [5.41, 5.74) is 1.60. The molecule has 0 saturated carbocycles. The maximum Gasteiger partial charge on any atom is 0.137 e. The van der Waals surface area contributed by atoms with Crippen LogP contribution < -0.4 is 5.32 Å². The third kappa shape index (κ3) is 4.61. The second kappa shape index (κ2) is 6.93. The number of hydrogen-bond donors (Lipinski definition) is 2. The van der Waals surface area contributed by atoms with Crippen LogP contribution in [0.5, 0.6) is 0 Å². The Morgan fingerprint density at radius 1 is 1.53 bits per heavy atom. The molecule has 0 aliphatic rings. The smallest absolute Gasteiger partial charge is 0.137 e. The molecule has 0 fully saturated rings. The van der Waals surface area contributed by atoms with E-state index in [1.807, 2.05) is 13.8 Å². The lowest BCUT2D eigenvalue weighted by atomic mass is 10.2. The van der Waals surface area contributed by atoms with E-state index in [0.29, 0.717) is 24.2 Å². The first-order valence-electron chi connectivity index (χ1n) is 5.50. The van der Waals surface area contributed by atoms with Crippen molar-refractivity contribution in [1.29, 1.82) is 0 Å².